The third kappa shape index (κ3) is 4.40. The number of anilines is 1. The largest absolute Gasteiger partial charge is 0.368 e. The third-order valence-electron chi connectivity index (χ3n) is 5.27. The number of benzene rings is 2. The number of rotatable bonds is 5. The zero-order valence-corrected chi connectivity index (χ0v) is 17.5. The van der Waals surface area contributed by atoms with Crippen LogP contribution in [0, 0.1) is 17.1 Å². The molecule has 0 unspecified atom stereocenters. The van der Waals surface area contributed by atoms with E-state index in [1.807, 2.05) is 6.07 Å². The summed E-state index contributed by atoms with van der Waals surface area (Å²) in [6, 6.07) is 13.9. The molecule has 1 aliphatic rings. The number of Topliss-reactive ketones (excluding diaryl/α,β-unsaturated/α-hetero) is 1. The highest BCUT2D eigenvalue weighted by molar-refractivity contribution is 7.13. The number of piperazine rings is 1. The van der Waals surface area contributed by atoms with Crippen LogP contribution < -0.4 is 4.90 Å². The average molecular weight is 421 g/mol. The number of hydrogen-bond acceptors (Lipinski definition) is 6. The molecule has 2 aromatic carbocycles. The van der Waals surface area contributed by atoms with Crippen molar-refractivity contribution in [2.24, 2.45) is 0 Å². The highest BCUT2D eigenvalue weighted by atomic mass is 32.1. The van der Waals surface area contributed by atoms with Crippen LogP contribution >= 0.6 is 11.3 Å². The van der Waals surface area contributed by atoms with Gasteiger partial charge >= 0.3 is 0 Å². The normalized spacial score (nSPS) is 14.5. The molecule has 0 N–H and O–H groups in total. The van der Waals surface area contributed by atoms with Crippen LogP contribution in [-0.2, 0) is 6.54 Å². The summed E-state index contributed by atoms with van der Waals surface area (Å²) in [6.07, 6.45) is 0. The number of aromatic nitrogens is 1. The maximum atomic E-state index is 13.1. The minimum absolute atomic E-state index is 0.000123. The minimum Gasteiger partial charge on any atom is -0.368 e. The smallest absolute Gasteiger partial charge is 0.159 e. The number of nitrogens with zero attached hydrogens (tertiary/aromatic N) is 4. The molecule has 0 bridgehead atoms. The second kappa shape index (κ2) is 8.74. The summed E-state index contributed by atoms with van der Waals surface area (Å²) in [7, 11) is 0. The van der Waals surface area contributed by atoms with E-state index in [9.17, 15) is 14.4 Å². The van der Waals surface area contributed by atoms with E-state index in [0.29, 0.717) is 11.1 Å². The lowest BCUT2D eigenvalue weighted by molar-refractivity contribution is 0.101. The molecule has 3 aromatic rings. The van der Waals surface area contributed by atoms with Gasteiger partial charge in [0.2, 0.25) is 0 Å². The van der Waals surface area contributed by atoms with Gasteiger partial charge in [-0.15, -0.1) is 11.3 Å². The first kappa shape index (κ1) is 20.2. The molecular formula is C23H21FN4OS. The van der Waals surface area contributed by atoms with Crippen molar-refractivity contribution < 1.29 is 9.18 Å². The zero-order chi connectivity index (χ0) is 21.1. The molecule has 0 saturated carbocycles. The summed E-state index contributed by atoms with van der Waals surface area (Å²) in [5, 5.41) is 12.4. The van der Waals surface area contributed by atoms with Crippen molar-refractivity contribution in [1.82, 2.24) is 9.88 Å². The molecular weight excluding hydrogens is 399 g/mol. The van der Waals surface area contributed by atoms with Crippen LogP contribution in [0.25, 0.3) is 10.6 Å². The Morgan fingerprint density at radius 2 is 1.90 bits per heavy atom. The van der Waals surface area contributed by atoms with Gasteiger partial charge in [0.1, 0.15) is 16.9 Å². The summed E-state index contributed by atoms with van der Waals surface area (Å²) in [6.45, 7) is 5.55. The van der Waals surface area contributed by atoms with E-state index >= 15 is 0 Å². The molecule has 0 aliphatic carbocycles. The monoisotopic (exact) mass is 420 g/mol. The first-order valence-electron chi connectivity index (χ1n) is 9.76. The van der Waals surface area contributed by atoms with Crippen LogP contribution in [0.5, 0.6) is 0 Å². The van der Waals surface area contributed by atoms with Crippen molar-refractivity contribution in [2.45, 2.75) is 13.5 Å². The van der Waals surface area contributed by atoms with E-state index in [4.69, 9.17) is 4.98 Å². The van der Waals surface area contributed by atoms with E-state index in [1.54, 1.807) is 35.6 Å². The summed E-state index contributed by atoms with van der Waals surface area (Å²) < 4.78 is 13.1. The van der Waals surface area contributed by atoms with E-state index in [0.717, 1.165) is 54.7 Å². The van der Waals surface area contributed by atoms with Gasteiger partial charge in [-0.05, 0) is 49.4 Å². The fourth-order valence-electron chi connectivity index (χ4n) is 3.59. The Labute approximate surface area is 179 Å². The van der Waals surface area contributed by atoms with Crippen LogP contribution in [0.3, 0.4) is 0 Å². The molecule has 0 atom stereocenters. The number of thiazole rings is 1. The molecule has 7 heteroatoms. The summed E-state index contributed by atoms with van der Waals surface area (Å²) in [4.78, 5) is 20.9. The highest BCUT2D eigenvalue weighted by Gasteiger charge is 2.21. The lowest BCUT2D eigenvalue weighted by Gasteiger charge is -2.36. The number of ketones is 1. The van der Waals surface area contributed by atoms with Gasteiger partial charge in [-0.3, -0.25) is 9.69 Å². The van der Waals surface area contributed by atoms with E-state index in [1.165, 1.54) is 19.1 Å². The third-order valence-corrected chi connectivity index (χ3v) is 6.21. The van der Waals surface area contributed by atoms with E-state index in [-0.39, 0.29) is 11.6 Å². The Hall–Kier alpha value is -3.08. The fraction of sp³-hybridized carbons (Fsp3) is 0.261. The quantitative estimate of drug-likeness (QED) is 0.575. The van der Waals surface area contributed by atoms with Gasteiger partial charge in [0.05, 0.1) is 16.9 Å². The van der Waals surface area contributed by atoms with E-state index < -0.39 is 0 Å². The SMILES string of the molecule is CC(=O)c1ccc(C#N)c(N2CCN(Cc3csc(-c4ccc(F)cc4)n3)CC2)c1. The van der Waals surface area contributed by atoms with Crippen molar-refractivity contribution >= 4 is 22.8 Å². The molecule has 4 rings (SSSR count). The molecule has 0 amide bonds. The number of carbonyl (C=O) groups excluding carboxylic acids is 1. The van der Waals surface area contributed by atoms with Crippen molar-refractivity contribution in [3.8, 4) is 16.6 Å². The Morgan fingerprint density at radius 1 is 1.17 bits per heavy atom. The number of carbonyl (C=O) groups is 1. The van der Waals surface area contributed by atoms with Gasteiger partial charge in [0.15, 0.2) is 5.78 Å². The first-order chi connectivity index (χ1) is 14.5. The van der Waals surface area contributed by atoms with Crippen molar-refractivity contribution in [2.75, 3.05) is 31.1 Å². The van der Waals surface area contributed by atoms with Crippen LogP contribution in [0.15, 0.2) is 47.8 Å². The maximum Gasteiger partial charge on any atom is 0.159 e. The molecule has 1 saturated heterocycles. The number of halogens is 1. The fourth-order valence-corrected chi connectivity index (χ4v) is 4.40. The Morgan fingerprint density at radius 3 is 2.57 bits per heavy atom. The van der Waals surface area contributed by atoms with Gasteiger partial charge in [-0.25, -0.2) is 9.37 Å². The molecule has 5 nitrogen and oxygen atoms in total. The Kier molecular flexibility index (Phi) is 5.88. The van der Waals surface area contributed by atoms with Gasteiger partial charge in [-0.2, -0.15) is 5.26 Å². The second-order valence-electron chi connectivity index (χ2n) is 7.31. The molecule has 1 aromatic heterocycles. The van der Waals surface area contributed by atoms with Crippen molar-refractivity contribution in [3.63, 3.8) is 0 Å². The summed E-state index contributed by atoms with van der Waals surface area (Å²) in [5.41, 5.74) is 3.98. The standard InChI is InChI=1S/C23H21FN4OS/c1-16(29)18-2-3-19(13-25)22(12-18)28-10-8-27(9-11-28)14-21-15-30-23(26-21)17-4-6-20(24)7-5-17/h2-7,12,15H,8-11,14H2,1H3. The Bertz CT molecular complexity index is 1100. The Balaban J connectivity index is 1.40. The second-order valence-corrected chi connectivity index (χ2v) is 8.17. The van der Waals surface area contributed by atoms with Crippen LogP contribution in [-0.4, -0.2) is 41.8 Å². The van der Waals surface area contributed by atoms with Crippen LogP contribution in [0.1, 0.15) is 28.5 Å². The van der Waals surface area contributed by atoms with Gasteiger partial charge < -0.3 is 4.90 Å². The molecule has 152 valence electrons. The number of hydrogen-bond donors (Lipinski definition) is 0. The van der Waals surface area contributed by atoms with Crippen LogP contribution in [0.2, 0.25) is 0 Å². The maximum absolute atomic E-state index is 13.1. The molecule has 1 aliphatic heterocycles. The predicted octanol–water partition coefficient (Wildman–Crippen LogP) is 4.35. The number of nitriles is 1. The molecule has 30 heavy (non-hydrogen) atoms. The first-order valence-corrected chi connectivity index (χ1v) is 10.6. The zero-order valence-electron chi connectivity index (χ0n) is 16.6. The van der Waals surface area contributed by atoms with E-state index in [2.05, 4.69) is 21.2 Å². The molecule has 1 fully saturated rings. The van der Waals surface area contributed by atoms with Gasteiger partial charge in [0, 0.05) is 49.2 Å². The highest BCUT2D eigenvalue weighted by Crippen LogP contribution is 2.26. The average Bonchev–Trinajstić information content (AvgIpc) is 3.22. The topological polar surface area (TPSA) is 60.2 Å². The molecule has 0 spiro atoms. The van der Waals surface area contributed by atoms with Crippen LogP contribution in [0.4, 0.5) is 10.1 Å². The van der Waals surface area contributed by atoms with Gasteiger partial charge in [0.25, 0.3) is 0 Å². The minimum atomic E-state index is -0.248. The molecule has 0 radical (unpaired) electrons. The molecule has 2 heterocycles. The van der Waals surface area contributed by atoms with Gasteiger partial charge in [-0.1, -0.05) is 0 Å². The predicted molar refractivity (Wildman–Crippen MR) is 116 cm³/mol. The summed E-state index contributed by atoms with van der Waals surface area (Å²) >= 11 is 1.57. The summed E-state index contributed by atoms with van der Waals surface area (Å²) in [5.74, 6) is -0.248. The lowest BCUT2D eigenvalue weighted by atomic mass is 10.1. The van der Waals surface area contributed by atoms with Crippen molar-refractivity contribution in [1.29, 1.82) is 5.26 Å². The lowest BCUT2D eigenvalue weighted by Crippen LogP contribution is -2.46. The van der Waals surface area contributed by atoms with Crippen molar-refractivity contribution in [3.05, 3.63) is 70.5 Å².